The maximum absolute atomic E-state index is 11.9. The summed E-state index contributed by atoms with van der Waals surface area (Å²) in [7, 11) is 1.88. The number of nitrogens with zero attached hydrogens (tertiary/aromatic N) is 3. The van der Waals surface area contributed by atoms with Crippen LogP contribution >= 0.6 is 11.8 Å². The van der Waals surface area contributed by atoms with Crippen LogP contribution in [0.1, 0.15) is 44.9 Å². The van der Waals surface area contributed by atoms with Crippen LogP contribution in [-0.4, -0.2) is 32.5 Å². The van der Waals surface area contributed by atoms with E-state index in [9.17, 15) is 4.79 Å². The fourth-order valence-electron chi connectivity index (χ4n) is 2.40. The first kappa shape index (κ1) is 14.4. The standard InChI is InChI=1S/C13H22N4OS/c1-17-10-14-16-13(17)19-9-12(18)15-11-7-5-3-2-4-6-8-11/h10-11H,2-9H2,1H3,(H,15,18). The van der Waals surface area contributed by atoms with Crippen LogP contribution in [0.3, 0.4) is 0 Å². The molecule has 19 heavy (non-hydrogen) atoms. The Bertz CT molecular complexity index is 399. The summed E-state index contributed by atoms with van der Waals surface area (Å²) in [4.78, 5) is 11.9. The van der Waals surface area contributed by atoms with Gasteiger partial charge in [-0.1, -0.05) is 43.9 Å². The number of amides is 1. The van der Waals surface area contributed by atoms with E-state index in [4.69, 9.17) is 0 Å². The number of thioether (sulfide) groups is 1. The molecule has 1 heterocycles. The molecule has 106 valence electrons. The maximum Gasteiger partial charge on any atom is 0.230 e. The molecule has 0 aliphatic heterocycles. The Hall–Kier alpha value is -1.04. The van der Waals surface area contributed by atoms with Gasteiger partial charge in [0.1, 0.15) is 6.33 Å². The molecule has 0 spiro atoms. The van der Waals surface area contributed by atoms with Crippen LogP contribution in [-0.2, 0) is 11.8 Å². The van der Waals surface area contributed by atoms with E-state index in [1.165, 1.54) is 43.9 Å². The molecule has 0 saturated heterocycles. The van der Waals surface area contributed by atoms with Crippen molar-refractivity contribution >= 4 is 17.7 Å². The predicted molar refractivity (Wildman–Crippen MR) is 76.0 cm³/mol. The van der Waals surface area contributed by atoms with Crippen molar-refractivity contribution in [2.45, 2.75) is 56.1 Å². The first-order valence-corrected chi connectivity index (χ1v) is 8.00. The minimum atomic E-state index is 0.110. The Morgan fingerprint density at radius 3 is 2.68 bits per heavy atom. The van der Waals surface area contributed by atoms with Crippen LogP contribution in [0.15, 0.2) is 11.5 Å². The normalized spacial score (nSPS) is 17.7. The number of hydrogen-bond acceptors (Lipinski definition) is 4. The molecule has 1 saturated carbocycles. The Kier molecular flexibility index (Phi) is 5.69. The lowest BCUT2D eigenvalue weighted by Gasteiger charge is -2.20. The molecule has 5 nitrogen and oxygen atoms in total. The number of carbonyl (C=O) groups excluding carboxylic acids is 1. The molecule has 1 amide bonds. The van der Waals surface area contributed by atoms with Crippen molar-refractivity contribution in [1.82, 2.24) is 20.1 Å². The summed E-state index contributed by atoms with van der Waals surface area (Å²) in [5.74, 6) is 0.529. The van der Waals surface area contributed by atoms with E-state index < -0.39 is 0 Å². The van der Waals surface area contributed by atoms with Gasteiger partial charge in [-0.15, -0.1) is 10.2 Å². The fourth-order valence-corrected chi connectivity index (χ4v) is 3.10. The van der Waals surface area contributed by atoms with Gasteiger partial charge in [-0.25, -0.2) is 0 Å². The van der Waals surface area contributed by atoms with E-state index >= 15 is 0 Å². The number of carbonyl (C=O) groups is 1. The van der Waals surface area contributed by atoms with Gasteiger partial charge in [-0.2, -0.15) is 0 Å². The van der Waals surface area contributed by atoms with Crippen molar-refractivity contribution in [2.75, 3.05) is 5.75 Å². The Balaban J connectivity index is 1.72. The van der Waals surface area contributed by atoms with Crippen LogP contribution in [0, 0.1) is 0 Å². The third kappa shape index (κ3) is 4.86. The highest BCUT2D eigenvalue weighted by molar-refractivity contribution is 7.99. The second-order valence-electron chi connectivity index (χ2n) is 5.12. The minimum absolute atomic E-state index is 0.110. The van der Waals surface area contributed by atoms with Gasteiger partial charge in [-0.05, 0) is 12.8 Å². The Morgan fingerprint density at radius 1 is 1.37 bits per heavy atom. The number of hydrogen-bond donors (Lipinski definition) is 1. The van der Waals surface area contributed by atoms with Gasteiger partial charge < -0.3 is 9.88 Å². The zero-order valence-electron chi connectivity index (χ0n) is 11.5. The predicted octanol–water partition coefficient (Wildman–Crippen LogP) is 2.14. The molecule has 0 aromatic carbocycles. The van der Waals surface area contributed by atoms with E-state index in [0.29, 0.717) is 11.8 Å². The van der Waals surface area contributed by atoms with Gasteiger partial charge in [0.25, 0.3) is 0 Å². The van der Waals surface area contributed by atoms with E-state index in [1.54, 1.807) is 6.33 Å². The summed E-state index contributed by atoms with van der Waals surface area (Å²) in [6.45, 7) is 0. The number of nitrogens with one attached hydrogen (secondary N) is 1. The summed E-state index contributed by atoms with van der Waals surface area (Å²) in [6.07, 6.45) is 10.3. The molecule has 1 aliphatic carbocycles. The Labute approximate surface area is 118 Å². The Morgan fingerprint density at radius 2 is 2.05 bits per heavy atom. The van der Waals surface area contributed by atoms with Crippen molar-refractivity contribution in [3.05, 3.63) is 6.33 Å². The average molecular weight is 282 g/mol. The molecule has 0 radical (unpaired) electrons. The highest BCUT2D eigenvalue weighted by atomic mass is 32.2. The van der Waals surface area contributed by atoms with Crippen molar-refractivity contribution in [1.29, 1.82) is 0 Å². The molecule has 1 aromatic rings. The monoisotopic (exact) mass is 282 g/mol. The molecule has 1 aromatic heterocycles. The van der Waals surface area contributed by atoms with Gasteiger partial charge in [0.15, 0.2) is 5.16 Å². The smallest absolute Gasteiger partial charge is 0.230 e. The highest BCUT2D eigenvalue weighted by Gasteiger charge is 2.14. The van der Waals surface area contributed by atoms with Crippen molar-refractivity contribution < 1.29 is 4.79 Å². The summed E-state index contributed by atoms with van der Waals surface area (Å²) < 4.78 is 1.83. The van der Waals surface area contributed by atoms with E-state index in [0.717, 1.165) is 18.0 Å². The molecule has 6 heteroatoms. The highest BCUT2D eigenvalue weighted by Crippen LogP contribution is 2.18. The van der Waals surface area contributed by atoms with Crippen LogP contribution in [0.4, 0.5) is 0 Å². The van der Waals surface area contributed by atoms with Gasteiger partial charge in [0.05, 0.1) is 5.75 Å². The third-order valence-electron chi connectivity index (χ3n) is 3.47. The second kappa shape index (κ2) is 7.53. The van der Waals surface area contributed by atoms with Gasteiger partial charge >= 0.3 is 0 Å². The quantitative estimate of drug-likeness (QED) is 0.860. The van der Waals surface area contributed by atoms with Gasteiger partial charge in [0, 0.05) is 13.1 Å². The van der Waals surface area contributed by atoms with E-state index in [-0.39, 0.29) is 5.91 Å². The van der Waals surface area contributed by atoms with Crippen LogP contribution in [0.25, 0.3) is 0 Å². The molecule has 2 rings (SSSR count). The number of rotatable bonds is 4. The van der Waals surface area contributed by atoms with Crippen LogP contribution in [0.5, 0.6) is 0 Å². The fraction of sp³-hybridized carbons (Fsp3) is 0.769. The van der Waals surface area contributed by atoms with Gasteiger partial charge in [-0.3, -0.25) is 4.79 Å². The largest absolute Gasteiger partial charge is 0.353 e. The lowest BCUT2D eigenvalue weighted by atomic mass is 9.97. The van der Waals surface area contributed by atoms with E-state index in [2.05, 4.69) is 15.5 Å². The first-order valence-electron chi connectivity index (χ1n) is 7.02. The molecular formula is C13H22N4OS. The van der Waals surface area contributed by atoms with Crippen LogP contribution < -0.4 is 5.32 Å². The number of aromatic nitrogens is 3. The summed E-state index contributed by atoms with van der Waals surface area (Å²) in [5.41, 5.74) is 0. The SMILES string of the molecule is Cn1cnnc1SCC(=O)NC1CCCCCCC1. The zero-order valence-corrected chi connectivity index (χ0v) is 12.3. The van der Waals surface area contributed by atoms with Gasteiger partial charge in [0.2, 0.25) is 5.91 Å². The summed E-state index contributed by atoms with van der Waals surface area (Å²) in [6, 6.07) is 0.368. The maximum atomic E-state index is 11.9. The average Bonchev–Trinajstić information content (AvgIpc) is 2.76. The number of aryl methyl sites for hydroxylation is 1. The zero-order chi connectivity index (χ0) is 13.5. The third-order valence-corrected chi connectivity index (χ3v) is 4.51. The molecule has 0 unspecified atom stereocenters. The van der Waals surface area contributed by atoms with Crippen molar-refractivity contribution in [3.63, 3.8) is 0 Å². The molecule has 1 N–H and O–H groups in total. The van der Waals surface area contributed by atoms with Crippen LogP contribution in [0.2, 0.25) is 0 Å². The lowest BCUT2D eigenvalue weighted by molar-refractivity contribution is -0.119. The summed E-state index contributed by atoms with van der Waals surface area (Å²) in [5, 5.41) is 11.7. The topological polar surface area (TPSA) is 59.8 Å². The van der Waals surface area contributed by atoms with Crippen molar-refractivity contribution in [2.24, 2.45) is 7.05 Å². The molecule has 0 bridgehead atoms. The second-order valence-corrected chi connectivity index (χ2v) is 6.07. The molecular weight excluding hydrogens is 260 g/mol. The first-order chi connectivity index (χ1) is 9.25. The molecule has 1 aliphatic rings. The van der Waals surface area contributed by atoms with Crippen molar-refractivity contribution in [3.8, 4) is 0 Å². The minimum Gasteiger partial charge on any atom is -0.353 e. The van der Waals surface area contributed by atoms with E-state index in [1.807, 2.05) is 11.6 Å². The lowest BCUT2D eigenvalue weighted by Crippen LogP contribution is -2.36. The molecule has 0 atom stereocenters. The molecule has 1 fully saturated rings. The summed E-state index contributed by atoms with van der Waals surface area (Å²) >= 11 is 1.44.